The second kappa shape index (κ2) is 6.30. The van der Waals surface area contributed by atoms with Crippen LogP contribution in [-0.4, -0.2) is 6.04 Å². The van der Waals surface area contributed by atoms with E-state index in [1.807, 2.05) is 18.2 Å². The van der Waals surface area contributed by atoms with Crippen molar-refractivity contribution in [2.24, 2.45) is 5.92 Å². The van der Waals surface area contributed by atoms with Gasteiger partial charge >= 0.3 is 0 Å². The van der Waals surface area contributed by atoms with E-state index in [1.54, 1.807) is 0 Å². The molecule has 0 aromatic heterocycles. The van der Waals surface area contributed by atoms with Crippen LogP contribution < -0.4 is 5.32 Å². The van der Waals surface area contributed by atoms with Crippen molar-refractivity contribution in [3.05, 3.63) is 35.4 Å². The molecule has 0 saturated carbocycles. The number of benzene rings is 1. The van der Waals surface area contributed by atoms with Gasteiger partial charge in [0.1, 0.15) is 0 Å². The van der Waals surface area contributed by atoms with Crippen molar-refractivity contribution in [2.75, 3.05) is 0 Å². The summed E-state index contributed by atoms with van der Waals surface area (Å²) >= 11 is 0. The van der Waals surface area contributed by atoms with Crippen LogP contribution in [0.2, 0.25) is 0 Å². The molecule has 0 aliphatic rings. The third-order valence-corrected chi connectivity index (χ3v) is 2.87. The number of hydrogen-bond donors (Lipinski definition) is 1. The molecule has 0 amide bonds. The predicted octanol–water partition coefficient (Wildman–Crippen LogP) is 3.08. The largest absolute Gasteiger partial charge is 0.310 e. The first kappa shape index (κ1) is 12.7. The number of nitrogens with zero attached hydrogens (tertiary/aromatic N) is 1. The number of nitrogens with one attached hydrogen (secondary N) is 1. The Morgan fingerprint density at radius 3 is 2.69 bits per heavy atom. The fraction of sp³-hybridized carbons (Fsp3) is 0.500. The molecule has 0 aliphatic carbocycles. The predicted molar refractivity (Wildman–Crippen MR) is 66.9 cm³/mol. The van der Waals surface area contributed by atoms with E-state index < -0.39 is 0 Å². The second-order valence-electron chi connectivity index (χ2n) is 4.45. The second-order valence-corrected chi connectivity index (χ2v) is 4.45. The Hall–Kier alpha value is -1.33. The van der Waals surface area contributed by atoms with Crippen LogP contribution in [0, 0.1) is 17.2 Å². The maximum Gasteiger partial charge on any atom is 0.0991 e. The summed E-state index contributed by atoms with van der Waals surface area (Å²) in [5, 5.41) is 12.3. The molecular weight excluding hydrogens is 196 g/mol. The summed E-state index contributed by atoms with van der Waals surface area (Å²) in [6.45, 7) is 7.50. The summed E-state index contributed by atoms with van der Waals surface area (Å²) in [4.78, 5) is 0. The van der Waals surface area contributed by atoms with Crippen molar-refractivity contribution in [3.8, 4) is 6.07 Å². The highest BCUT2D eigenvalue weighted by atomic mass is 14.9. The first-order chi connectivity index (χ1) is 7.67. The smallest absolute Gasteiger partial charge is 0.0991 e. The zero-order valence-electron chi connectivity index (χ0n) is 10.3. The Morgan fingerprint density at radius 1 is 1.38 bits per heavy atom. The highest BCUT2D eigenvalue weighted by Gasteiger charge is 2.09. The van der Waals surface area contributed by atoms with E-state index in [0.29, 0.717) is 12.0 Å². The lowest BCUT2D eigenvalue weighted by Crippen LogP contribution is -2.32. The van der Waals surface area contributed by atoms with Crippen LogP contribution in [0.4, 0.5) is 0 Å². The molecule has 1 aromatic carbocycles. The molecule has 0 aliphatic heterocycles. The summed E-state index contributed by atoms with van der Waals surface area (Å²) in [6, 6.07) is 10.5. The molecule has 0 radical (unpaired) electrons. The monoisotopic (exact) mass is 216 g/mol. The van der Waals surface area contributed by atoms with E-state index in [1.165, 1.54) is 5.56 Å². The van der Waals surface area contributed by atoms with E-state index in [4.69, 9.17) is 5.26 Å². The molecular formula is C14H20N2. The van der Waals surface area contributed by atoms with Gasteiger partial charge in [0.15, 0.2) is 0 Å². The quantitative estimate of drug-likeness (QED) is 0.821. The third-order valence-electron chi connectivity index (χ3n) is 2.87. The summed E-state index contributed by atoms with van der Waals surface area (Å²) < 4.78 is 0. The standard InChI is InChI=1S/C14H20N2/c1-4-14(11(2)3)16-10-13-7-5-6-12(8-13)9-15/h5-8,11,14,16H,4,10H2,1-3H3. The summed E-state index contributed by atoms with van der Waals surface area (Å²) in [5.41, 5.74) is 1.91. The van der Waals surface area contributed by atoms with Crippen LogP contribution in [-0.2, 0) is 6.54 Å². The van der Waals surface area contributed by atoms with E-state index in [-0.39, 0.29) is 0 Å². The van der Waals surface area contributed by atoms with Crippen LogP contribution >= 0.6 is 0 Å². The average Bonchev–Trinajstić information content (AvgIpc) is 2.29. The molecule has 1 N–H and O–H groups in total. The van der Waals surface area contributed by atoms with E-state index in [9.17, 15) is 0 Å². The normalized spacial score (nSPS) is 12.4. The van der Waals surface area contributed by atoms with Crippen molar-refractivity contribution in [3.63, 3.8) is 0 Å². The van der Waals surface area contributed by atoms with Crippen molar-refractivity contribution >= 4 is 0 Å². The van der Waals surface area contributed by atoms with Gasteiger partial charge in [0, 0.05) is 12.6 Å². The Kier molecular flexibility index (Phi) is 5.01. The molecule has 1 rings (SSSR count). The molecule has 0 bridgehead atoms. The Bertz CT molecular complexity index is 363. The molecule has 1 unspecified atom stereocenters. The van der Waals surface area contributed by atoms with Crippen molar-refractivity contribution in [1.29, 1.82) is 5.26 Å². The van der Waals surface area contributed by atoms with Crippen molar-refractivity contribution < 1.29 is 0 Å². The SMILES string of the molecule is CCC(NCc1cccc(C#N)c1)C(C)C. The fourth-order valence-corrected chi connectivity index (χ4v) is 1.85. The zero-order chi connectivity index (χ0) is 12.0. The van der Waals surface area contributed by atoms with Gasteiger partial charge in [-0.1, -0.05) is 32.9 Å². The van der Waals surface area contributed by atoms with Crippen LogP contribution in [0.15, 0.2) is 24.3 Å². The van der Waals surface area contributed by atoms with Gasteiger partial charge in [0.2, 0.25) is 0 Å². The van der Waals surface area contributed by atoms with Crippen molar-refractivity contribution in [1.82, 2.24) is 5.32 Å². The van der Waals surface area contributed by atoms with E-state index >= 15 is 0 Å². The minimum absolute atomic E-state index is 0.547. The number of hydrogen-bond acceptors (Lipinski definition) is 2. The molecule has 2 heteroatoms. The van der Waals surface area contributed by atoms with Crippen LogP contribution in [0.1, 0.15) is 38.3 Å². The zero-order valence-corrected chi connectivity index (χ0v) is 10.3. The maximum absolute atomic E-state index is 8.80. The summed E-state index contributed by atoms with van der Waals surface area (Å²) in [6.07, 6.45) is 1.13. The molecule has 1 aromatic rings. The van der Waals surface area contributed by atoms with E-state index in [0.717, 1.165) is 18.5 Å². The minimum Gasteiger partial charge on any atom is -0.310 e. The van der Waals surface area contributed by atoms with Gasteiger partial charge in [-0.25, -0.2) is 0 Å². The first-order valence-electron chi connectivity index (χ1n) is 5.89. The fourth-order valence-electron chi connectivity index (χ4n) is 1.85. The van der Waals surface area contributed by atoms with Gasteiger partial charge < -0.3 is 5.32 Å². The Labute approximate surface area is 98.3 Å². The van der Waals surface area contributed by atoms with Gasteiger partial charge in [-0.15, -0.1) is 0 Å². The van der Waals surface area contributed by atoms with Gasteiger partial charge in [-0.05, 0) is 30.0 Å². The summed E-state index contributed by atoms with van der Waals surface area (Å²) in [7, 11) is 0. The minimum atomic E-state index is 0.547. The average molecular weight is 216 g/mol. The van der Waals surface area contributed by atoms with Crippen LogP contribution in [0.3, 0.4) is 0 Å². The molecule has 0 fully saturated rings. The molecule has 0 heterocycles. The van der Waals surface area contributed by atoms with Gasteiger partial charge in [0.25, 0.3) is 0 Å². The molecule has 16 heavy (non-hydrogen) atoms. The van der Waals surface area contributed by atoms with Gasteiger partial charge in [-0.3, -0.25) is 0 Å². The molecule has 2 nitrogen and oxygen atoms in total. The molecule has 86 valence electrons. The maximum atomic E-state index is 8.80. The lowest BCUT2D eigenvalue weighted by molar-refractivity contribution is 0.387. The van der Waals surface area contributed by atoms with Crippen molar-refractivity contribution in [2.45, 2.75) is 39.8 Å². The summed E-state index contributed by atoms with van der Waals surface area (Å²) in [5.74, 6) is 0.643. The third kappa shape index (κ3) is 3.67. The Morgan fingerprint density at radius 2 is 2.12 bits per heavy atom. The lowest BCUT2D eigenvalue weighted by atomic mass is 10.0. The molecule has 0 saturated heterocycles. The molecule has 1 atom stereocenters. The number of rotatable bonds is 5. The van der Waals surface area contributed by atoms with Crippen LogP contribution in [0.5, 0.6) is 0 Å². The Balaban J connectivity index is 2.57. The molecule has 0 spiro atoms. The highest BCUT2D eigenvalue weighted by Crippen LogP contribution is 2.08. The topological polar surface area (TPSA) is 35.8 Å². The number of nitriles is 1. The van der Waals surface area contributed by atoms with Gasteiger partial charge in [-0.2, -0.15) is 5.26 Å². The first-order valence-corrected chi connectivity index (χ1v) is 5.89. The van der Waals surface area contributed by atoms with E-state index in [2.05, 4.69) is 38.2 Å². The van der Waals surface area contributed by atoms with Gasteiger partial charge in [0.05, 0.1) is 11.6 Å². The highest BCUT2D eigenvalue weighted by molar-refractivity contribution is 5.32. The lowest BCUT2D eigenvalue weighted by Gasteiger charge is -2.20. The van der Waals surface area contributed by atoms with Crippen LogP contribution in [0.25, 0.3) is 0 Å².